The summed E-state index contributed by atoms with van der Waals surface area (Å²) in [5.41, 5.74) is -3.35. The lowest BCUT2D eigenvalue weighted by atomic mass is 10.2. The topological polar surface area (TPSA) is 30.0 Å². The van der Waals surface area contributed by atoms with Gasteiger partial charge in [0, 0.05) is 5.56 Å². The van der Waals surface area contributed by atoms with Crippen molar-refractivity contribution in [2.24, 2.45) is 0 Å². The van der Waals surface area contributed by atoms with Crippen molar-refractivity contribution in [1.82, 2.24) is 4.98 Å². The van der Waals surface area contributed by atoms with E-state index >= 15 is 0 Å². The van der Waals surface area contributed by atoms with Gasteiger partial charge in [0.1, 0.15) is 5.69 Å². The third-order valence-corrected chi connectivity index (χ3v) is 1.57. The maximum Gasteiger partial charge on any atom is 0.434 e. The molecule has 7 heteroatoms. The van der Waals surface area contributed by atoms with E-state index in [4.69, 9.17) is 0 Å². The Bertz CT molecular complexity index is 374. The molecule has 0 N–H and O–H groups in total. The average Bonchev–Trinajstić information content (AvgIpc) is 2.15. The number of aromatic nitrogens is 1. The molecule has 0 aliphatic rings. The van der Waals surface area contributed by atoms with Crippen LogP contribution in [0.4, 0.5) is 22.0 Å². The van der Waals surface area contributed by atoms with E-state index in [1.807, 2.05) is 0 Å². The molecule has 1 aromatic rings. The van der Waals surface area contributed by atoms with E-state index in [1.54, 1.807) is 0 Å². The molecule has 1 aromatic heterocycles. The minimum absolute atomic E-state index is 0.0783. The van der Waals surface area contributed by atoms with Gasteiger partial charge in [-0.1, -0.05) is 0 Å². The van der Waals surface area contributed by atoms with Crippen LogP contribution in [-0.2, 0) is 6.18 Å². The Hall–Kier alpha value is -1.53. The third kappa shape index (κ3) is 2.48. The van der Waals surface area contributed by atoms with Crippen LogP contribution in [0.2, 0.25) is 0 Å². The van der Waals surface area contributed by atoms with Crippen molar-refractivity contribution in [1.29, 1.82) is 0 Å². The average molecular weight is 225 g/mol. The predicted molar refractivity (Wildman–Crippen MR) is 39.6 cm³/mol. The van der Waals surface area contributed by atoms with Gasteiger partial charge in [0.05, 0.1) is 0 Å². The Balaban J connectivity index is 3.32. The van der Waals surface area contributed by atoms with E-state index < -0.39 is 29.6 Å². The zero-order valence-corrected chi connectivity index (χ0v) is 7.05. The second-order valence-electron chi connectivity index (χ2n) is 2.59. The van der Waals surface area contributed by atoms with Crippen LogP contribution in [0.5, 0.6) is 0 Å². The molecule has 0 saturated carbocycles. The lowest BCUT2D eigenvalue weighted by Crippen LogP contribution is -2.13. The van der Waals surface area contributed by atoms with Gasteiger partial charge >= 0.3 is 6.18 Å². The second-order valence-corrected chi connectivity index (χ2v) is 2.59. The van der Waals surface area contributed by atoms with Crippen LogP contribution in [0, 0.1) is 0 Å². The highest BCUT2D eigenvalue weighted by atomic mass is 19.4. The fourth-order valence-electron chi connectivity index (χ4n) is 0.929. The van der Waals surface area contributed by atoms with Crippen molar-refractivity contribution >= 4 is 6.29 Å². The highest BCUT2D eigenvalue weighted by Gasteiger charge is 2.36. The largest absolute Gasteiger partial charge is 0.434 e. The number of halogens is 5. The lowest BCUT2D eigenvalue weighted by Gasteiger charge is -2.09. The van der Waals surface area contributed by atoms with Crippen molar-refractivity contribution < 1.29 is 26.7 Å². The van der Waals surface area contributed by atoms with Crippen LogP contribution in [0.25, 0.3) is 0 Å². The smallest absolute Gasteiger partial charge is 0.298 e. The Morgan fingerprint density at radius 3 is 2.27 bits per heavy atom. The zero-order valence-electron chi connectivity index (χ0n) is 7.05. The van der Waals surface area contributed by atoms with E-state index in [0.29, 0.717) is 12.1 Å². The monoisotopic (exact) mass is 225 g/mol. The number of rotatable bonds is 2. The van der Waals surface area contributed by atoms with Crippen LogP contribution >= 0.6 is 0 Å². The molecule has 0 unspecified atom stereocenters. The van der Waals surface area contributed by atoms with Gasteiger partial charge in [0.25, 0.3) is 6.43 Å². The normalized spacial score (nSPS) is 11.9. The fraction of sp³-hybridized carbons (Fsp3) is 0.250. The number of carbonyl (C=O) groups is 1. The molecule has 0 bridgehead atoms. The van der Waals surface area contributed by atoms with Crippen LogP contribution < -0.4 is 0 Å². The van der Waals surface area contributed by atoms with Gasteiger partial charge in [-0.3, -0.25) is 4.79 Å². The SMILES string of the molecule is O=Cc1ccc(C(F)F)nc1C(F)(F)F. The van der Waals surface area contributed by atoms with Gasteiger partial charge in [-0.25, -0.2) is 13.8 Å². The molecular weight excluding hydrogens is 221 g/mol. The van der Waals surface area contributed by atoms with Gasteiger partial charge in [0.2, 0.25) is 0 Å². The summed E-state index contributed by atoms with van der Waals surface area (Å²) < 4.78 is 60.7. The molecule has 1 heterocycles. The van der Waals surface area contributed by atoms with Gasteiger partial charge in [-0.05, 0) is 12.1 Å². The Labute approximate surface area is 80.7 Å². The van der Waals surface area contributed by atoms with Crippen molar-refractivity contribution in [3.05, 3.63) is 29.1 Å². The summed E-state index contributed by atoms with van der Waals surface area (Å²) in [5.74, 6) is 0. The van der Waals surface area contributed by atoms with E-state index in [2.05, 4.69) is 4.98 Å². The van der Waals surface area contributed by atoms with E-state index in [0.717, 1.165) is 0 Å². The number of hydrogen-bond acceptors (Lipinski definition) is 2. The molecule has 0 amide bonds. The molecule has 1 rings (SSSR count). The third-order valence-electron chi connectivity index (χ3n) is 1.57. The fourth-order valence-corrected chi connectivity index (χ4v) is 0.929. The van der Waals surface area contributed by atoms with Gasteiger partial charge in [-0.2, -0.15) is 13.2 Å². The molecule has 82 valence electrons. The number of aldehydes is 1. The maximum absolute atomic E-state index is 12.2. The molecule has 0 aliphatic heterocycles. The predicted octanol–water partition coefficient (Wildman–Crippen LogP) is 2.85. The minimum atomic E-state index is -4.92. The summed E-state index contributed by atoms with van der Waals surface area (Å²) in [7, 11) is 0. The molecule has 15 heavy (non-hydrogen) atoms. The van der Waals surface area contributed by atoms with Crippen LogP contribution in [-0.4, -0.2) is 11.3 Å². The number of hydrogen-bond donors (Lipinski definition) is 0. The van der Waals surface area contributed by atoms with Crippen LogP contribution in [0.15, 0.2) is 12.1 Å². The minimum Gasteiger partial charge on any atom is -0.298 e. The highest BCUT2D eigenvalue weighted by molar-refractivity contribution is 5.76. The number of pyridine rings is 1. The van der Waals surface area contributed by atoms with E-state index in [1.165, 1.54) is 0 Å². The Morgan fingerprint density at radius 2 is 1.87 bits per heavy atom. The first kappa shape index (κ1) is 11.5. The Kier molecular flexibility index (Phi) is 3.01. The molecule has 0 radical (unpaired) electrons. The first-order valence-corrected chi connectivity index (χ1v) is 3.67. The number of nitrogens with zero attached hydrogens (tertiary/aromatic N) is 1. The van der Waals surface area contributed by atoms with Crippen molar-refractivity contribution in [2.45, 2.75) is 12.6 Å². The standard InChI is InChI=1S/C8H4F5NO/c9-7(10)5-2-1-4(3-15)6(14-5)8(11,12)13/h1-3,7H. The summed E-state index contributed by atoms with van der Waals surface area (Å²) in [6.45, 7) is 0. The molecule has 0 aliphatic carbocycles. The van der Waals surface area contributed by atoms with Gasteiger partial charge in [0.15, 0.2) is 12.0 Å². The highest BCUT2D eigenvalue weighted by Crippen LogP contribution is 2.31. The number of alkyl halides is 5. The second kappa shape index (κ2) is 3.92. The summed E-state index contributed by atoms with van der Waals surface area (Å²) in [6, 6.07) is 1.36. The molecule has 0 aromatic carbocycles. The molecular formula is C8H4F5NO. The van der Waals surface area contributed by atoms with Crippen molar-refractivity contribution in [3.63, 3.8) is 0 Å². The first-order chi connectivity index (χ1) is 6.86. The maximum atomic E-state index is 12.2. The summed E-state index contributed by atoms with van der Waals surface area (Å²) in [5, 5.41) is 0. The van der Waals surface area contributed by atoms with Crippen LogP contribution in [0.1, 0.15) is 28.2 Å². The van der Waals surface area contributed by atoms with E-state index in [-0.39, 0.29) is 6.29 Å². The molecule has 0 spiro atoms. The summed E-state index contributed by atoms with van der Waals surface area (Å²) in [4.78, 5) is 12.9. The van der Waals surface area contributed by atoms with Gasteiger partial charge in [-0.15, -0.1) is 0 Å². The lowest BCUT2D eigenvalue weighted by molar-refractivity contribution is -0.141. The summed E-state index contributed by atoms with van der Waals surface area (Å²) >= 11 is 0. The van der Waals surface area contributed by atoms with Crippen molar-refractivity contribution in [2.75, 3.05) is 0 Å². The van der Waals surface area contributed by atoms with Gasteiger partial charge < -0.3 is 0 Å². The molecule has 2 nitrogen and oxygen atoms in total. The number of carbonyl (C=O) groups excluding carboxylic acids is 1. The molecule has 0 fully saturated rings. The van der Waals surface area contributed by atoms with Crippen LogP contribution in [0.3, 0.4) is 0 Å². The first-order valence-electron chi connectivity index (χ1n) is 3.67. The molecule has 0 atom stereocenters. The zero-order chi connectivity index (χ0) is 11.6. The summed E-state index contributed by atoms with van der Waals surface area (Å²) in [6.07, 6.45) is -8.10. The quantitative estimate of drug-likeness (QED) is 0.572. The molecule has 0 saturated heterocycles. The Morgan fingerprint density at radius 1 is 1.27 bits per heavy atom. The van der Waals surface area contributed by atoms with E-state index in [9.17, 15) is 26.7 Å². The van der Waals surface area contributed by atoms with Crippen molar-refractivity contribution in [3.8, 4) is 0 Å².